The fourth-order valence-corrected chi connectivity index (χ4v) is 2.68. The minimum atomic E-state index is -3.54. The number of hydrogen-bond acceptors (Lipinski definition) is 4. The van der Waals surface area contributed by atoms with E-state index in [0.29, 0.717) is 0 Å². The van der Waals surface area contributed by atoms with Crippen molar-refractivity contribution in [3.05, 3.63) is 52.8 Å². The number of sulfonamides is 1. The van der Waals surface area contributed by atoms with Crippen molar-refractivity contribution < 1.29 is 22.3 Å². The maximum absolute atomic E-state index is 13.6. The molecule has 0 spiro atoms. The molecule has 0 unspecified atom stereocenters. The summed E-state index contributed by atoms with van der Waals surface area (Å²) >= 11 is 5.90. The van der Waals surface area contributed by atoms with E-state index in [0.717, 1.165) is 12.3 Å². The summed E-state index contributed by atoms with van der Waals surface area (Å²) in [6.07, 6.45) is 0.968. The van der Waals surface area contributed by atoms with Crippen molar-refractivity contribution in [3.8, 4) is 5.75 Å². The van der Waals surface area contributed by atoms with Crippen LogP contribution in [0.2, 0.25) is 5.02 Å². The fraction of sp³-hybridized carbons (Fsp3) is 0.133. The molecule has 0 bridgehead atoms. The number of nitrogens with one attached hydrogen (secondary N) is 2. The maximum atomic E-state index is 13.6. The van der Waals surface area contributed by atoms with Gasteiger partial charge in [0.1, 0.15) is 0 Å². The maximum Gasteiger partial charge on any atom is 0.255 e. The third kappa shape index (κ3) is 4.59. The highest BCUT2D eigenvalue weighted by Gasteiger charge is 2.13. The van der Waals surface area contributed by atoms with Crippen LogP contribution < -0.4 is 14.8 Å². The molecule has 1 amide bonds. The first-order chi connectivity index (χ1) is 11.2. The van der Waals surface area contributed by atoms with Gasteiger partial charge in [0.25, 0.3) is 5.91 Å². The van der Waals surface area contributed by atoms with E-state index in [1.165, 1.54) is 37.4 Å². The minimum absolute atomic E-state index is 0.0548. The average Bonchev–Trinajstić information content (AvgIpc) is 2.48. The molecule has 0 aliphatic rings. The predicted molar refractivity (Wildman–Crippen MR) is 90.8 cm³/mol. The van der Waals surface area contributed by atoms with Crippen molar-refractivity contribution in [2.24, 2.45) is 0 Å². The number of carbonyl (C=O) groups excluding carboxylic acids is 1. The second kappa shape index (κ2) is 7.06. The summed E-state index contributed by atoms with van der Waals surface area (Å²) in [6.45, 7) is 0. The van der Waals surface area contributed by atoms with Gasteiger partial charge in [0.15, 0.2) is 11.6 Å². The van der Waals surface area contributed by atoms with Crippen LogP contribution in [0.3, 0.4) is 0 Å². The Morgan fingerprint density at radius 1 is 1.21 bits per heavy atom. The number of benzene rings is 2. The lowest BCUT2D eigenvalue weighted by atomic mass is 10.2. The van der Waals surface area contributed by atoms with Crippen molar-refractivity contribution in [1.82, 2.24) is 0 Å². The molecule has 128 valence electrons. The Morgan fingerprint density at radius 2 is 1.92 bits per heavy atom. The summed E-state index contributed by atoms with van der Waals surface area (Å²) in [6, 6.07) is 8.07. The monoisotopic (exact) mass is 372 g/mol. The Kier molecular flexibility index (Phi) is 5.30. The molecule has 2 aromatic carbocycles. The van der Waals surface area contributed by atoms with Gasteiger partial charge in [-0.2, -0.15) is 0 Å². The molecule has 2 N–H and O–H groups in total. The molecule has 9 heteroatoms. The van der Waals surface area contributed by atoms with Gasteiger partial charge in [-0.15, -0.1) is 0 Å². The summed E-state index contributed by atoms with van der Waals surface area (Å²) in [5, 5.41) is 2.65. The summed E-state index contributed by atoms with van der Waals surface area (Å²) in [7, 11) is -2.21. The molecule has 2 aromatic rings. The molecule has 0 fully saturated rings. The fourth-order valence-electron chi connectivity index (χ4n) is 1.89. The van der Waals surface area contributed by atoms with E-state index in [1.807, 2.05) is 0 Å². The van der Waals surface area contributed by atoms with E-state index in [9.17, 15) is 17.6 Å². The van der Waals surface area contributed by atoms with E-state index in [-0.39, 0.29) is 27.7 Å². The number of amides is 1. The van der Waals surface area contributed by atoms with E-state index >= 15 is 0 Å². The number of halogens is 2. The highest BCUT2D eigenvalue weighted by molar-refractivity contribution is 7.92. The van der Waals surface area contributed by atoms with Gasteiger partial charge in [-0.05, 0) is 30.3 Å². The van der Waals surface area contributed by atoms with Gasteiger partial charge in [0.05, 0.1) is 24.1 Å². The van der Waals surface area contributed by atoms with Crippen LogP contribution in [0.5, 0.6) is 5.75 Å². The third-order valence-electron chi connectivity index (χ3n) is 2.93. The molecule has 0 radical (unpaired) electrons. The van der Waals surface area contributed by atoms with Crippen molar-refractivity contribution >= 4 is 38.9 Å². The topological polar surface area (TPSA) is 84.5 Å². The molecule has 0 aliphatic carbocycles. The lowest BCUT2D eigenvalue weighted by Gasteiger charge is -2.10. The molecule has 0 saturated carbocycles. The second-order valence-electron chi connectivity index (χ2n) is 4.87. The highest BCUT2D eigenvalue weighted by Crippen LogP contribution is 2.25. The first-order valence-corrected chi connectivity index (χ1v) is 8.89. The van der Waals surface area contributed by atoms with Crippen molar-refractivity contribution in [2.75, 3.05) is 23.4 Å². The SMILES string of the molecule is COc1ccc(NC(=O)c2ccc(Cl)c(NS(C)(=O)=O)c2)cc1F. The van der Waals surface area contributed by atoms with Gasteiger partial charge in [0.2, 0.25) is 10.0 Å². The minimum Gasteiger partial charge on any atom is -0.494 e. The Bertz CT molecular complexity index is 887. The van der Waals surface area contributed by atoms with Crippen LogP contribution in [-0.2, 0) is 10.0 Å². The molecular formula is C15H14ClFN2O4S. The van der Waals surface area contributed by atoms with Gasteiger partial charge >= 0.3 is 0 Å². The molecule has 0 saturated heterocycles. The Hall–Kier alpha value is -2.32. The lowest BCUT2D eigenvalue weighted by Crippen LogP contribution is -2.14. The van der Waals surface area contributed by atoms with Crippen LogP contribution in [0.1, 0.15) is 10.4 Å². The molecule has 0 aromatic heterocycles. The first-order valence-electron chi connectivity index (χ1n) is 6.62. The van der Waals surface area contributed by atoms with Crippen LogP contribution in [0.15, 0.2) is 36.4 Å². The van der Waals surface area contributed by atoms with Crippen LogP contribution in [0.4, 0.5) is 15.8 Å². The predicted octanol–water partition coefficient (Wildman–Crippen LogP) is 3.11. The number of methoxy groups -OCH3 is 1. The molecule has 2 rings (SSSR count). The third-order valence-corrected chi connectivity index (χ3v) is 3.85. The van der Waals surface area contributed by atoms with Gasteiger partial charge in [-0.25, -0.2) is 12.8 Å². The molecule has 0 atom stereocenters. The zero-order chi connectivity index (χ0) is 17.9. The Morgan fingerprint density at radius 3 is 2.50 bits per heavy atom. The van der Waals surface area contributed by atoms with E-state index < -0.39 is 21.7 Å². The van der Waals surface area contributed by atoms with E-state index in [4.69, 9.17) is 16.3 Å². The highest BCUT2D eigenvalue weighted by atomic mass is 35.5. The van der Waals surface area contributed by atoms with Gasteiger partial charge in [0, 0.05) is 17.3 Å². The van der Waals surface area contributed by atoms with E-state index in [2.05, 4.69) is 10.0 Å². The van der Waals surface area contributed by atoms with Crippen LogP contribution >= 0.6 is 11.6 Å². The summed E-state index contributed by atoms with van der Waals surface area (Å²) in [4.78, 5) is 12.2. The second-order valence-corrected chi connectivity index (χ2v) is 7.03. The number of rotatable bonds is 5. The number of anilines is 2. The summed E-state index contributed by atoms with van der Waals surface area (Å²) in [5.41, 5.74) is 0.459. The number of carbonyl (C=O) groups is 1. The lowest BCUT2D eigenvalue weighted by molar-refractivity contribution is 0.102. The van der Waals surface area contributed by atoms with Crippen molar-refractivity contribution in [3.63, 3.8) is 0 Å². The molecule has 0 aliphatic heterocycles. The van der Waals surface area contributed by atoms with Gasteiger partial charge < -0.3 is 10.1 Å². The molecule has 6 nitrogen and oxygen atoms in total. The Labute approximate surface area is 143 Å². The number of hydrogen-bond donors (Lipinski definition) is 2. The zero-order valence-electron chi connectivity index (χ0n) is 12.8. The largest absolute Gasteiger partial charge is 0.494 e. The van der Waals surface area contributed by atoms with Crippen LogP contribution in [0.25, 0.3) is 0 Å². The normalized spacial score (nSPS) is 11.0. The van der Waals surface area contributed by atoms with Crippen molar-refractivity contribution in [1.29, 1.82) is 0 Å². The smallest absolute Gasteiger partial charge is 0.255 e. The summed E-state index contributed by atoms with van der Waals surface area (Å²) < 4.78 is 43.2. The standard InChI is InChI=1S/C15H14ClFN2O4S/c1-23-14-6-4-10(8-12(14)17)18-15(20)9-3-5-11(16)13(7-9)19-24(2,21)22/h3-8,19H,1-2H3,(H,18,20). The average molecular weight is 373 g/mol. The van der Waals surface area contributed by atoms with Gasteiger partial charge in [-0.3, -0.25) is 9.52 Å². The van der Waals surface area contributed by atoms with Crippen LogP contribution in [0, 0.1) is 5.82 Å². The molecule has 24 heavy (non-hydrogen) atoms. The van der Waals surface area contributed by atoms with Gasteiger partial charge in [-0.1, -0.05) is 11.6 Å². The molecule has 0 heterocycles. The zero-order valence-corrected chi connectivity index (χ0v) is 14.3. The van der Waals surface area contributed by atoms with Crippen molar-refractivity contribution in [2.45, 2.75) is 0 Å². The van der Waals surface area contributed by atoms with Crippen LogP contribution in [-0.4, -0.2) is 27.7 Å². The van der Waals surface area contributed by atoms with E-state index in [1.54, 1.807) is 0 Å². The molecular weight excluding hydrogens is 359 g/mol. The Balaban J connectivity index is 2.24. The quantitative estimate of drug-likeness (QED) is 0.844. The first kappa shape index (κ1) is 18.0. The number of ether oxygens (including phenoxy) is 1. The summed E-state index contributed by atoms with van der Waals surface area (Å²) in [5.74, 6) is -1.11.